The number of likely N-dealkylation sites (tertiary alicyclic amines) is 1. The van der Waals surface area contributed by atoms with Crippen molar-refractivity contribution in [3.8, 4) is 0 Å². The third kappa shape index (κ3) is 3.43. The van der Waals surface area contributed by atoms with Crippen LogP contribution >= 0.6 is 0 Å². The maximum Gasteiger partial charge on any atom is 0.0364 e. The molecule has 0 aromatic carbocycles. The van der Waals surface area contributed by atoms with Gasteiger partial charge in [0.1, 0.15) is 0 Å². The number of nitrogens with zero attached hydrogens (tertiary/aromatic N) is 1. The van der Waals surface area contributed by atoms with E-state index in [1.165, 1.54) is 24.2 Å². The van der Waals surface area contributed by atoms with Crippen molar-refractivity contribution in [2.45, 2.75) is 33.1 Å². The zero-order valence-electron chi connectivity index (χ0n) is 9.92. The lowest BCUT2D eigenvalue weighted by Gasteiger charge is -2.31. The first-order chi connectivity index (χ1) is 7.15. The predicted octanol–water partition coefficient (Wildman–Crippen LogP) is 4.02. The van der Waals surface area contributed by atoms with E-state index in [-0.39, 0.29) is 0 Å². The predicted molar refractivity (Wildman–Crippen MR) is 67.4 cm³/mol. The summed E-state index contributed by atoms with van der Waals surface area (Å²) in [4.78, 5) is 2.31. The van der Waals surface area contributed by atoms with Crippen LogP contribution in [-0.2, 0) is 0 Å². The molecule has 0 radical (unpaired) electrons. The lowest BCUT2D eigenvalue weighted by molar-refractivity contribution is 0.363. The van der Waals surface area contributed by atoms with Gasteiger partial charge in [-0.3, -0.25) is 0 Å². The minimum atomic E-state index is 1.08. The van der Waals surface area contributed by atoms with E-state index in [0.29, 0.717) is 0 Å². The Labute approximate surface area is 93.5 Å². The normalized spacial score (nSPS) is 18.7. The first-order valence-corrected chi connectivity index (χ1v) is 5.60. The molecule has 1 heterocycles. The fourth-order valence-electron chi connectivity index (χ4n) is 1.77. The highest BCUT2D eigenvalue weighted by Gasteiger charge is 2.14. The lowest BCUT2D eigenvalue weighted by atomic mass is 10.1. The molecule has 0 aliphatic carbocycles. The fourth-order valence-corrected chi connectivity index (χ4v) is 1.77. The average molecular weight is 203 g/mol. The van der Waals surface area contributed by atoms with Gasteiger partial charge in [-0.05, 0) is 39.2 Å². The molecule has 1 heteroatoms. The van der Waals surface area contributed by atoms with Crippen LogP contribution in [-0.4, -0.2) is 11.4 Å². The molecule has 0 bridgehead atoms. The van der Waals surface area contributed by atoms with E-state index in [9.17, 15) is 0 Å². The molecule has 0 spiro atoms. The molecule has 1 saturated heterocycles. The van der Waals surface area contributed by atoms with Gasteiger partial charge in [-0.1, -0.05) is 30.9 Å². The summed E-state index contributed by atoms with van der Waals surface area (Å²) >= 11 is 0. The Morgan fingerprint density at radius 1 is 1.33 bits per heavy atom. The van der Waals surface area contributed by atoms with Crippen molar-refractivity contribution in [3.63, 3.8) is 0 Å². The summed E-state index contributed by atoms with van der Waals surface area (Å²) < 4.78 is 0. The molecule has 0 saturated carbocycles. The summed E-state index contributed by atoms with van der Waals surface area (Å²) in [6.45, 7) is 13.2. The van der Waals surface area contributed by atoms with Gasteiger partial charge in [-0.15, -0.1) is 0 Å². The Balaban J connectivity index is 2.74. The van der Waals surface area contributed by atoms with Gasteiger partial charge in [-0.2, -0.15) is 0 Å². The Morgan fingerprint density at radius 3 is 2.60 bits per heavy atom. The molecule has 1 fully saturated rings. The van der Waals surface area contributed by atoms with Crippen LogP contribution in [0.25, 0.3) is 0 Å². The van der Waals surface area contributed by atoms with Gasteiger partial charge >= 0.3 is 0 Å². The van der Waals surface area contributed by atoms with Crippen molar-refractivity contribution in [2.75, 3.05) is 6.54 Å². The van der Waals surface area contributed by atoms with Gasteiger partial charge in [0.2, 0.25) is 0 Å². The molecule has 1 aliphatic rings. The summed E-state index contributed by atoms with van der Waals surface area (Å²) in [5.41, 5.74) is 3.56. The Morgan fingerprint density at radius 2 is 2.07 bits per heavy atom. The van der Waals surface area contributed by atoms with E-state index >= 15 is 0 Å². The molecule has 0 aromatic rings. The molecule has 0 unspecified atom stereocenters. The summed E-state index contributed by atoms with van der Waals surface area (Å²) in [5.74, 6) is 0. The van der Waals surface area contributed by atoms with Crippen LogP contribution in [0.3, 0.4) is 0 Å². The van der Waals surface area contributed by atoms with Crippen LogP contribution in [0.2, 0.25) is 0 Å². The molecule has 1 aliphatic heterocycles. The first kappa shape index (κ1) is 11.8. The van der Waals surface area contributed by atoms with E-state index in [0.717, 1.165) is 18.5 Å². The first-order valence-electron chi connectivity index (χ1n) is 5.60. The summed E-state index contributed by atoms with van der Waals surface area (Å²) in [5, 5.41) is 0. The summed E-state index contributed by atoms with van der Waals surface area (Å²) in [6.07, 6.45) is 9.97. The number of piperidine rings is 1. The third-order valence-electron chi connectivity index (χ3n) is 2.62. The zero-order chi connectivity index (χ0) is 11.3. The molecule has 0 atom stereocenters. The zero-order valence-corrected chi connectivity index (χ0v) is 9.92. The lowest BCUT2D eigenvalue weighted by Crippen LogP contribution is -2.25. The van der Waals surface area contributed by atoms with E-state index in [1.807, 2.05) is 6.92 Å². The highest BCUT2D eigenvalue weighted by atomic mass is 15.1. The molecule has 0 aromatic heterocycles. The van der Waals surface area contributed by atoms with Crippen molar-refractivity contribution in [3.05, 3.63) is 48.4 Å². The van der Waals surface area contributed by atoms with Crippen molar-refractivity contribution < 1.29 is 0 Å². The van der Waals surface area contributed by atoms with Gasteiger partial charge in [0.15, 0.2) is 0 Å². The Kier molecular flexibility index (Phi) is 4.41. The van der Waals surface area contributed by atoms with Gasteiger partial charge in [0, 0.05) is 17.9 Å². The van der Waals surface area contributed by atoms with Crippen LogP contribution in [0, 0.1) is 0 Å². The number of rotatable bonds is 3. The number of allylic oxidation sites excluding steroid dienone is 5. The maximum absolute atomic E-state index is 4.12. The Bertz CT molecular complexity index is 307. The van der Waals surface area contributed by atoms with Crippen LogP contribution in [0.15, 0.2) is 48.4 Å². The van der Waals surface area contributed by atoms with Crippen LogP contribution in [0.4, 0.5) is 0 Å². The number of hydrogen-bond donors (Lipinski definition) is 0. The molecule has 82 valence electrons. The molecular weight excluding hydrogens is 182 g/mol. The molecule has 1 nitrogen and oxygen atoms in total. The standard InChI is InChI=1S/C14H21N/c1-5-14(10-9-12(2)3)15-11-7-6-8-13(15)4/h5,9-10H,2,4,6-8,11H2,1,3H3/b10-9-,14-5+. The molecule has 0 N–H and O–H groups in total. The van der Waals surface area contributed by atoms with Gasteiger partial charge in [0.05, 0.1) is 0 Å². The largest absolute Gasteiger partial charge is 0.346 e. The SMILES string of the molecule is C=C(C)/C=C\C(=C/C)N1CCCCC1=C. The highest BCUT2D eigenvalue weighted by Crippen LogP contribution is 2.23. The van der Waals surface area contributed by atoms with E-state index in [4.69, 9.17) is 0 Å². The maximum atomic E-state index is 4.12. The Hall–Kier alpha value is -1.24. The minimum Gasteiger partial charge on any atom is -0.346 e. The van der Waals surface area contributed by atoms with Gasteiger partial charge in [-0.25, -0.2) is 0 Å². The third-order valence-corrected chi connectivity index (χ3v) is 2.62. The topological polar surface area (TPSA) is 3.24 Å². The van der Waals surface area contributed by atoms with Crippen molar-refractivity contribution in [2.24, 2.45) is 0 Å². The van der Waals surface area contributed by atoms with Gasteiger partial charge in [0.25, 0.3) is 0 Å². The molecule has 0 amide bonds. The minimum absolute atomic E-state index is 1.08. The van der Waals surface area contributed by atoms with E-state index in [1.54, 1.807) is 0 Å². The second-order valence-corrected chi connectivity index (χ2v) is 4.07. The smallest absolute Gasteiger partial charge is 0.0364 e. The number of hydrogen-bond acceptors (Lipinski definition) is 1. The van der Waals surface area contributed by atoms with Crippen molar-refractivity contribution in [1.82, 2.24) is 4.90 Å². The molecule has 15 heavy (non-hydrogen) atoms. The summed E-state index contributed by atoms with van der Waals surface area (Å²) in [6, 6.07) is 0. The molecule has 1 rings (SSSR count). The average Bonchev–Trinajstić information content (AvgIpc) is 2.21. The second kappa shape index (κ2) is 5.59. The molecular formula is C14H21N. The quantitative estimate of drug-likeness (QED) is 0.626. The van der Waals surface area contributed by atoms with Crippen LogP contribution in [0.5, 0.6) is 0 Å². The van der Waals surface area contributed by atoms with E-state index in [2.05, 4.69) is 43.2 Å². The van der Waals surface area contributed by atoms with Crippen LogP contribution < -0.4 is 0 Å². The van der Waals surface area contributed by atoms with Crippen molar-refractivity contribution >= 4 is 0 Å². The van der Waals surface area contributed by atoms with E-state index < -0.39 is 0 Å². The van der Waals surface area contributed by atoms with Crippen molar-refractivity contribution in [1.29, 1.82) is 0 Å². The summed E-state index contributed by atoms with van der Waals surface area (Å²) in [7, 11) is 0. The van der Waals surface area contributed by atoms with Gasteiger partial charge < -0.3 is 4.90 Å². The monoisotopic (exact) mass is 203 g/mol. The second-order valence-electron chi connectivity index (χ2n) is 4.07. The fraction of sp³-hybridized carbons (Fsp3) is 0.429. The highest BCUT2D eigenvalue weighted by molar-refractivity contribution is 5.27. The van der Waals surface area contributed by atoms with Crippen LogP contribution in [0.1, 0.15) is 33.1 Å².